The molecule has 0 bridgehead atoms. The van der Waals surface area contributed by atoms with E-state index in [1.54, 1.807) is 21.6 Å². The van der Waals surface area contributed by atoms with Gasteiger partial charge in [0.1, 0.15) is 12.1 Å². The van der Waals surface area contributed by atoms with Gasteiger partial charge in [-0.2, -0.15) is 20.4 Å². The fraction of sp³-hybridized carbons (Fsp3) is 0.516. The molecule has 1 amide bonds. The molecule has 4 aromatic rings. The van der Waals surface area contributed by atoms with Gasteiger partial charge in [-0.25, -0.2) is 11.1 Å². The van der Waals surface area contributed by atoms with Crippen molar-refractivity contribution in [1.82, 2.24) is 44.4 Å². The quantitative estimate of drug-likeness (QED) is 0.246. The van der Waals surface area contributed by atoms with Gasteiger partial charge in [0.25, 0.3) is 0 Å². The molecular formula is C31H37N13O. The van der Waals surface area contributed by atoms with Crippen LogP contribution in [0.15, 0.2) is 43.1 Å². The number of piperidine rings is 1. The Morgan fingerprint density at radius 1 is 1.20 bits per heavy atom. The normalized spacial score (nSPS) is 18.7. The molecule has 45 heavy (non-hydrogen) atoms. The van der Waals surface area contributed by atoms with Gasteiger partial charge < -0.3 is 25.3 Å². The Balaban J connectivity index is 0.952. The van der Waals surface area contributed by atoms with Crippen LogP contribution in [0.2, 0.25) is 0 Å². The summed E-state index contributed by atoms with van der Waals surface area (Å²) < 4.78 is 5.33. The predicted molar refractivity (Wildman–Crippen MR) is 167 cm³/mol. The number of hydrogen-bond acceptors (Lipinski definition) is 9. The summed E-state index contributed by atoms with van der Waals surface area (Å²) in [7, 11) is 0. The molecule has 4 aromatic heterocycles. The first-order chi connectivity index (χ1) is 21.9. The molecule has 0 spiro atoms. The molecule has 2 aliphatic heterocycles. The molecule has 2 saturated heterocycles. The number of amides is 1. The monoisotopic (exact) mass is 607 g/mol. The molecule has 0 unspecified atom stereocenters. The second-order valence-corrected chi connectivity index (χ2v) is 12.6. The smallest absolute Gasteiger partial charge is 0.247 e. The molecule has 0 atom stereocenters. The lowest BCUT2D eigenvalue weighted by molar-refractivity contribution is -0.133. The summed E-state index contributed by atoms with van der Waals surface area (Å²) in [5.74, 6) is 0.471. The van der Waals surface area contributed by atoms with Crippen LogP contribution in [0, 0.1) is 17.9 Å². The van der Waals surface area contributed by atoms with Gasteiger partial charge >= 0.3 is 0 Å². The average Bonchev–Trinajstić information content (AvgIpc) is 3.33. The largest absolute Gasteiger partial charge is 0.363 e. The topological polar surface area (TPSA) is 142 Å². The van der Waals surface area contributed by atoms with Gasteiger partial charge in [-0.3, -0.25) is 14.2 Å². The number of likely N-dealkylation sites (tertiary alicyclic amines) is 1. The molecule has 2 N–H and O–H groups in total. The van der Waals surface area contributed by atoms with E-state index >= 15 is 0 Å². The molecule has 3 fully saturated rings. The van der Waals surface area contributed by atoms with Crippen molar-refractivity contribution in [2.75, 3.05) is 42.9 Å². The number of hydrogen-bond donors (Lipinski definition) is 2. The van der Waals surface area contributed by atoms with Crippen LogP contribution in [0.3, 0.4) is 0 Å². The minimum Gasteiger partial charge on any atom is -0.363 e. The first-order valence-electron chi connectivity index (χ1n) is 15.6. The fourth-order valence-corrected chi connectivity index (χ4v) is 6.34. The van der Waals surface area contributed by atoms with Crippen molar-refractivity contribution in [3.05, 3.63) is 60.1 Å². The molecule has 1 saturated carbocycles. The van der Waals surface area contributed by atoms with E-state index < -0.39 is 0 Å². The van der Waals surface area contributed by atoms with Crippen LogP contribution in [-0.2, 0) is 23.3 Å². The maximum atomic E-state index is 13.0. The summed E-state index contributed by atoms with van der Waals surface area (Å²) in [6, 6.07) is 6.67. The summed E-state index contributed by atoms with van der Waals surface area (Å²) in [4.78, 5) is 25.6. The van der Waals surface area contributed by atoms with E-state index in [2.05, 4.69) is 48.7 Å². The summed E-state index contributed by atoms with van der Waals surface area (Å²) in [6.45, 7) is 13.1. The predicted octanol–water partition coefficient (Wildman–Crippen LogP) is 2.59. The standard InChI is InChI=1S/C31H37N13O/c1-3-23-15-36-44(17-23)31(10-11-32)21-41(22-31)26-5-4-12-43-28(26)38-29(39-43)37-25-16-35-42(18-25)19-27(45)40-13-6-24(7-14-40)34-20-30(33-2)8-9-30/h4-5,12,15-18,24,34H,3,6-10,13-14,19-22H2,1H3,(H,37,39). The highest BCUT2D eigenvalue weighted by atomic mass is 16.2. The van der Waals surface area contributed by atoms with E-state index in [4.69, 9.17) is 11.6 Å². The number of rotatable bonds is 11. The number of pyridine rings is 1. The molecular weight excluding hydrogens is 570 g/mol. The van der Waals surface area contributed by atoms with E-state index in [-0.39, 0.29) is 23.5 Å². The molecule has 1 aliphatic carbocycles. The Hall–Kier alpha value is -4.95. The second kappa shape index (κ2) is 11.5. The lowest BCUT2D eigenvalue weighted by Crippen LogP contribution is -2.63. The summed E-state index contributed by atoms with van der Waals surface area (Å²) in [5, 5.41) is 29.9. The number of anilines is 3. The first-order valence-corrected chi connectivity index (χ1v) is 15.6. The van der Waals surface area contributed by atoms with Crippen LogP contribution in [0.1, 0.15) is 44.6 Å². The Morgan fingerprint density at radius 3 is 2.73 bits per heavy atom. The molecule has 14 heteroatoms. The maximum Gasteiger partial charge on any atom is 0.247 e. The van der Waals surface area contributed by atoms with Gasteiger partial charge in [0.2, 0.25) is 17.4 Å². The van der Waals surface area contributed by atoms with Gasteiger partial charge in [-0.05, 0) is 37.0 Å². The number of nitrogens with one attached hydrogen (secondary N) is 2. The SMILES string of the molecule is [C-]#[N+]C1(CNC2CCN(C(=O)Cn3cc(Nc4nc5c(N6CC(CC#N)(n7cc(CC)cn7)C6)cccn5n4)cn3)CC2)CC1. The Morgan fingerprint density at radius 2 is 2.02 bits per heavy atom. The Labute approximate surface area is 261 Å². The number of aryl methyl sites for hydroxylation is 1. The third-order valence-corrected chi connectivity index (χ3v) is 9.41. The Kier molecular flexibility index (Phi) is 7.37. The van der Waals surface area contributed by atoms with E-state index in [1.807, 2.05) is 40.3 Å². The highest BCUT2D eigenvalue weighted by molar-refractivity contribution is 5.76. The first kappa shape index (κ1) is 28.8. The molecule has 7 rings (SSSR count). The zero-order valence-electron chi connectivity index (χ0n) is 25.4. The fourth-order valence-electron chi connectivity index (χ4n) is 6.34. The minimum atomic E-state index is -0.368. The maximum absolute atomic E-state index is 13.0. The third-order valence-electron chi connectivity index (χ3n) is 9.41. The zero-order chi connectivity index (χ0) is 31.0. The van der Waals surface area contributed by atoms with Gasteiger partial charge in [0, 0.05) is 63.7 Å². The Bertz CT molecular complexity index is 1770. The lowest BCUT2D eigenvalue weighted by Gasteiger charge is -2.50. The molecule has 14 nitrogen and oxygen atoms in total. The highest BCUT2D eigenvalue weighted by Gasteiger charge is 2.50. The van der Waals surface area contributed by atoms with Crippen molar-refractivity contribution in [1.29, 1.82) is 5.26 Å². The van der Waals surface area contributed by atoms with Gasteiger partial charge in [0.05, 0.1) is 42.8 Å². The van der Waals surface area contributed by atoms with E-state index in [0.717, 1.165) is 49.9 Å². The summed E-state index contributed by atoms with van der Waals surface area (Å²) in [6.07, 6.45) is 14.3. The number of carbonyl (C=O) groups excluding carboxylic acids is 1. The van der Waals surface area contributed by atoms with E-state index in [9.17, 15) is 10.1 Å². The third kappa shape index (κ3) is 5.69. The molecule has 0 radical (unpaired) electrons. The second-order valence-electron chi connectivity index (χ2n) is 12.6. The van der Waals surface area contributed by atoms with Gasteiger partial charge in [-0.1, -0.05) is 6.92 Å². The summed E-state index contributed by atoms with van der Waals surface area (Å²) in [5.41, 5.74) is 2.96. The molecule has 232 valence electrons. The van der Waals surface area contributed by atoms with Gasteiger partial charge in [0.15, 0.2) is 5.65 Å². The van der Waals surface area contributed by atoms with E-state index in [0.29, 0.717) is 55.9 Å². The molecule has 6 heterocycles. The van der Waals surface area contributed by atoms with Crippen molar-refractivity contribution < 1.29 is 4.79 Å². The van der Waals surface area contributed by atoms with Crippen molar-refractivity contribution in [2.45, 2.75) is 69.1 Å². The van der Waals surface area contributed by atoms with Crippen LogP contribution in [-0.4, -0.2) is 89.3 Å². The average molecular weight is 608 g/mol. The van der Waals surface area contributed by atoms with Crippen LogP contribution >= 0.6 is 0 Å². The number of aromatic nitrogens is 7. The van der Waals surface area contributed by atoms with E-state index in [1.165, 1.54) is 0 Å². The van der Waals surface area contributed by atoms with Crippen LogP contribution in [0.5, 0.6) is 0 Å². The number of carbonyl (C=O) groups is 1. The molecule has 3 aliphatic rings. The molecule has 0 aromatic carbocycles. The van der Waals surface area contributed by atoms with Crippen LogP contribution < -0.4 is 15.5 Å². The summed E-state index contributed by atoms with van der Waals surface area (Å²) >= 11 is 0. The number of fused-ring (bicyclic) bond motifs is 1. The van der Waals surface area contributed by atoms with Crippen molar-refractivity contribution >= 4 is 28.9 Å². The highest BCUT2D eigenvalue weighted by Crippen LogP contribution is 2.39. The van der Waals surface area contributed by atoms with Crippen LogP contribution in [0.4, 0.5) is 17.3 Å². The zero-order valence-corrected chi connectivity index (χ0v) is 25.4. The minimum absolute atomic E-state index is 0.0430. The van der Waals surface area contributed by atoms with Crippen molar-refractivity contribution in [2.24, 2.45) is 0 Å². The van der Waals surface area contributed by atoms with Crippen LogP contribution in [0.25, 0.3) is 10.5 Å². The van der Waals surface area contributed by atoms with Crippen molar-refractivity contribution in [3.63, 3.8) is 0 Å². The number of nitriles is 1. The van der Waals surface area contributed by atoms with Crippen molar-refractivity contribution in [3.8, 4) is 6.07 Å². The lowest BCUT2D eigenvalue weighted by atomic mass is 9.86. The van der Waals surface area contributed by atoms with Gasteiger partial charge in [-0.15, -0.1) is 5.10 Å². The number of nitrogens with zero attached hydrogens (tertiary/aromatic N) is 11.